The third-order valence-electron chi connectivity index (χ3n) is 7.32. The minimum absolute atomic E-state index is 0.00180. The van der Waals surface area contributed by atoms with E-state index in [1.165, 1.54) is 11.6 Å². The smallest absolute Gasteiger partial charge is 0.331 e. The van der Waals surface area contributed by atoms with Gasteiger partial charge in [0.05, 0.1) is 32.8 Å². The van der Waals surface area contributed by atoms with Crippen LogP contribution in [0, 0.1) is 5.92 Å². The van der Waals surface area contributed by atoms with Crippen molar-refractivity contribution >= 4 is 12.0 Å². The second-order valence-corrected chi connectivity index (χ2v) is 9.80. The predicted octanol–water partition coefficient (Wildman–Crippen LogP) is 4.34. The van der Waals surface area contributed by atoms with E-state index in [1.54, 1.807) is 33.5 Å². The molecule has 6 atom stereocenters. The Morgan fingerprint density at radius 1 is 1.18 bits per heavy atom. The number of ether oxygens (including phenoxy) is 6. The first-order valence-corrected chi connectivity index (χ1v) is 11.8. The van der Waals surface area contributed by atoms with E-state index < -0.39 is 5.97 Å². The summed E-state index contributed by atoms with van der Waals surface area (Å²) in [5.41, 5.74) is 1.48. The highest BCUT2D eigenvalue weighted by molar-refractivity contribution is 5.87. The summed E-state index contributed by atoms with van der Waals surface area (Å²) in [6.07, 6.45) is 7.19. The quantitative estimate of drug-likeness (QED) is 0.229. The Balaban J connectivity index is 1.45. The first-order chi connectivity index (χ1) is 16.3. The van der Waals surface area contributed by atoms with Crippen LogP contribution < -0.4 is 9.47 Å². The van der Waals surface area contributed by atoms with Crippen LogP contribution in [0.3, 0.4) is 0 Å². The summed E-state index contributed by atoms with van der Waals surface area (Å²) >= 11 is 0. The Morgan fingerprint density at radius 2 is 1.91 bits per heavy atom. The average molecular weight is 473 g/mol. The lowest BCUT2D eigenvalue weighted by Crippen LogP contribution is -2.55. The van der Waals surface area contributed by atoms with Gasteiger partial charge in [-0.1, -0.05) is 17.7 Å². The van der Waals surface area contributed by atoms with Crippen LogP contribution in [0.25, 0.3) is 6.08 Å². The van der Waals surface area contributed by atoms with E-state index in [0.29, 0.717) is 24.5 Å². The molecule has 7 nitrogen and oxygen atoms in total. The van der Waals surface area contributed by atoms with Crippen molar-refractivity contribution in [3.8, 4) is 11.5 Å². The first kappa shape index (κ1) is 24.8. The molecular weight excluding hydrogens is 436 g/mol. The Bertz CT molecular complexity index is 960. The summed E-state index contributed by atoms with van der Waals surface area (Å²) in [4.78, 5) is 12.7. The van der Waals surface area contributed by atoms with Crippen LogP contribution in [0.5, 0.6) is 11.5 Å². The number of carbonyl (C=O) groups is 1. The number of epoxide rings is 2. The third-order valence-corrected chi connectivity index (χ3v) is 7.32. The van der Waals surface area contributed by atoms with Gasteiger partial charge in [-0.15, -0.1) is 0 Å². The van der Waals surface area contributed by atoms with Gasteiger partial charge >= 0.3 is 5.97 Å². The summed E-state index contributed by atoms with van der Waals surface area (Å²) in [6, 6.07) is 5.46. The van der Waals surface area contributed by atoms with Crippen molar-refractivity contribution in [2.45, 2.75) is 69.5 Å². The lowest BCUT2D eigenvalue weighted by Gasteiger charge is -2.42. The van der Waals surface area contributed by atoms with Crippen molar-refractivity contribution in [1.29, 1.82) is 0 Å². The number of benzene rings is 1. The van der Waals surface area contributed by atoms with E-state index in [4.69, 9.17) is 28.4 Å². The van der Waals surface area contributed by atoms with Gasteiger partial charge in [0, 0.05) is 13.2 Å². The van der Waals surface area contributed by atoms with E-state index >= 15 is 0 Å². The average Bonchev–Trinajstić information content (AvgIpc) is 3.74. The fraction of sp³-hybridized carbons (Fsp3) is 0.593. The molecule has 3 fully saturated rings. The lowest BCUT2D eigenvalue weighted by atomic mass is 9.68. The Labute approximate surface area is 202 Å². The molecule has 0 N–H and O–H groups in total. The number of allylic oxidation sites excluding steroid dienone is 1. The van der Waals surface area contributed by atoms with Crippen molar-refractivity contribution < 1.29 is 33.2 Å². The fourth-order valence-corrected chi connectivity index (χ4v) is 5.38. The second kappa shape index (κ2) is 9.72. The highest BCUT2D eigenvalue weighted by Gasteiger charge is 2.72. The lowest BCUT2D eigenvalue weighted by molar-refractivity contribution is -0.166. The molecule has 0 aromatic heterocycles. The van der Waals surface area contributed by atoms with Gasteiger partial charge in [0.1, 0.15) is 23.4 Å². The molecule has 0 radical (unpaired) electrons. The monoisotopic (exact) mass is 472 g/mol. The molecule has 1 aliphatic carbocycles. The molecule has 3 aliphatic rings. The highest BCUT2D eigenvalue weighted by atomic mass is 16.6. The molecule has 7 heteroatoms. The minimum Gasteiger partial charge on any atom is -0.493 e. The summed E-state index contributed by atoms with van der Waals surface area (Å²) in [6.45, 7) is 7.02. The van der Waals surface area contributed by atoms with Gasteiger partial charge in [-0.3, -0.25) is 0 Å². The summed E-state index contributed by atoms with van der Waals surface area (Å²) in [5.74, 6) is 0.828. The fourth-order valence-electron chi connectivity index (χ4n) is 5.38. The van der Waals surface area contributed by atoms with Crippen LogP contribution >= 0.6 is 0 Å². The van der Waals surface area contributed by atoms with E-state index in [9.17, 15) is 4.79 Å². The van der Waals surface area contributed by atoms with Crippen molar-refractivity contribution in [2.24, 2.45) is 5.92 Å². The standard InChI is InChI=1S/C27H36O7/c1-17(2)7-11-22-26(3,34-22)25-24(31-6)20(13-14-27(25)16-32-27)33-23(28)12-9-18-8-10-19(29-4)21(15-18)30-5/h7-10,12,15,20,22,24-25H,11,13-14,16H2,1-6H3/b12-9+/t20-,22+,24-,25?,26-,27+/m1/s1. The van der Waals surface area contributed by atoms with Gasteiger partial charge in [0.25, 0.3) is 0 Å². The number of hydrogen-bond acceptors (Lipinski definition) is 7. The summed E-state index contributed by atoms with van der Waals surface area (Å²) in [5, 5.41) is 0. The molecule has 0 bridgehead atoms. The molecule has 2 heterocycles. The maximum atomic E-state index is 12.7. The van der Waals surface area contributed by atoms with Crippen LogP contribution in [0.1, 0.15) is 45.6 Å². The maximum absolute atomic E-state index is 12.7. The van der Waals surface area contributed by atoms with Crippen molar-refractivity contribution in [3.05, 3.63) is 41.5 Å². The minimum atomic E-state index is -0.406. The van der Waals surface area contributed by atoms with E-state index in [-0.39, 0.29) is 35.4 Å². The van der Waals surface area contributed by atoms with Crippen LogP contribution in [0.4, 0.5) is 0 Å². The summed E-state index contributed by atoms with van der Waals surface area (Å²) in [7, 11) is 4.84. The maximum Gasteiger partial charge on any atom is 0.331 e. The van der Waals surface area contributed by atoms with Crippen LogP contribution in [0.15, 0.2) is 35.9 Å². The zero-order valence-corrected chi connectivity index (χ0v) is 21.0. The van der Waals surface area contributed by atoms with Crippen LogP contribution in [-0.2, 0) is 23.7 Å². The zero-order valence-electron chi connectivity index (χ0n) is 21.0. The molecule has 1 saturated carbocycles. The number of carbonyl (C=O) groups excluding carboxylic acids is 1. The third kappa shape index (κ3) is 4.88. The van der Waals surface area contributed by atoms with Gasteiger partial charge in [0.15, 0.2) is 11.5 Å². The molecule has 1 aromatic carbocycles. The summed E-state index contributed by atoms with van der Waals surface area (Å²) < 4.78 is 34.6. The Kier molecular flexibility index (Phi) is 7.08. The van der Waals surface area contributed by atoms with Gasteiger partial charge < -0.3 is 28.4 Å². The van der Waals surface area contributed by atoms with E-state index in [1.807, 2.05) is 12.1 Å². The molecule has 34 heavy (non-hydrogen) atoms. The second-order valence-electron chi connectivity index (χ2n) is 9.80. The molecule has 4 rings (SSSR count). The molecule has 186 valence electrons. The topological polar surface area (TPSA) is 79.1 Å². The van der Waals surface area contributed by atoms with Gasteiger partial charge in [-0.05, 0) is 63.8 Å². The van der Waals surface area contributed by atoms with Crippen LogP contribution in [-0.4, -0.2) is 63.4 Å². The SMILES string of the molecule is COc1ccc(/C=C/C(=O)O[C@@H]2CC[C@]3(CO3)C([C@]3(C)O[C@H]3CC=C(C)C)[C@@H]2OC)cc1OC. The molecule has 1 aromatic rings. The zero-order chi connectivity index (χ0) is 24.5. The first-order valence-electron chi connectivity index (χ1n) is 11.8. The van der Waals surface area contributed by atoms with Gasteiger partial charge in [0.2, 0.25) is 0 Å². The van der Waals surface area contributed by atoms with Crippen molar-refractivity contribution in [3.63, 3.8) is 0 Å². The van der Waals surface area contributed by atoms with Crippen molar-refractivity contribution in [2.75, 3.05) is 27.9 Å². The van der Waals surface area contributed by atoms with Gasteiger partial charge in [-0.2, -0.15) is 0 Å². The molecular formula is C27H36O7. The van der Waals surface area contributed by atoms with E-state index in [0.717, 1.165) is 18.4 Å². The number of rotatable bonds is 9. The Hall–Kier alpha value is -2.35. The normalized spacial score (nSPS) is 34.1. The largest absolute Gasteiger partial charge is 0.493 e. The number of methoxy groups -OCH3 is 3. The highest BCUT2D eigenvalue weighted by Crippen LogP contribution is 2.59. The van der Waals surface area contributed by atoms with Crippen LogP contribution in [0.2, 0.25) is 0 Å². The number of hydrogen-bond donors (Lipinski definition) is 0. The molecule has 0 amide bonds. The van der Waals surface area contributed by atoms with E-state index in [2.05, 4.69) is 26.8 Å². The number of esters is 1. The molecule has 1 unspecified atom stereocenters. The molecule has 2 aliphatic heterocycles. The van der Waals surface area contributed by atoms with Gasteiger partial charge in [-0.25, -0.2) is 4.79 Å². The molecule has 1 spiro atoms. The molecule has 2 saturated heterocycles. The predicted molar refractivity (Wildman–Crippen MR) is 128 cm³/mol. The van der Waals surface area contributed by atoms with Crippen molar-refractivity contribution in [1.82, 2.24) is 0 Å². The Morgan fingerprint density at radius 3 is 2.53 bits per heavy atom.